The molecule has 72 valence electrons. The highest BCUT2D eigenvalue weighted by atomic mass is 16.1. The van der Waals surface area contributed by atoms with Crippen LogP contribution in [0.25, 0.3) is 0 Å². The largest absolute Gasteiger partial charge is 0.370 e. The summed E-state index contributed by atoms with van der Waals surface area (Å²) >= 11 is 0. The number of rotatable bonds is 2. The maximum atomic E-state index is 11.6. The molecule has 0 aliphatic carbocycles. The molecule has 1 saturated heterocycles. The Labute approximate surface area is 82.8 Å². The highest BCUT2D eigenvalue weighted by Gasteiger charge is 2.07. The van der Waals surface area contributed by atoms with Crippen LogP contribution in [0.4, 0.5) is 0 Å². The van der Waals surface area contributed by atoms with E-state index in [9.17, 15) is 4.79 Å². The summed E-state index contributed by atoms with van der Waals surface area (Å²) < 4.78 is 0. The van der Waals surface area contributed by atoms with E-state index in [4.69, 9.17) is 0 Å². The minimum absolute atomic E-state index is 0.0301. The minimum Gasteiger partial charge on any atom is -0.370 e. The molecule has 3 nitrogen and oxygen atoms in total. The Morgan fingerprint density at radius 3 is 2.43 bits per heavy atom. The van der Waals surface area contributed by atoms with Crippen LogP contribution in [0, 0.1) is 0 Å². The lowest BCUT2D eigenvalue weighted by molar-refractivity contribution is 0.104. The van der Waals surface area contributed by atoms with Crippen LogP contribution in [0.5, 0.6) is 0 Å². The number of hydrogen-bond donors (Lipinski definition) is 2. The van der Waals surface area contributed by atoms with E-state index >= 15 is 0 Å². The number of allylic oxidation sites excluding steroid dienone is 1. The molecule has 2 rings (SSSR count). The van der Waals surface area contributed by atoms with Gasteiger partial charge in [-0.15, -0.1) is 0 Å². The molecule has 1 aromatic rings. The predicted octanol–water partition coefficient (Wildman–Crippen LogP) is 0.903. The standard InChI is InChI=1S/C11H12N2O/c14-10(8-11-12-6-7-13-11)9-4-2-1-3-5-9/h1-5,8,12-13H,6-7H2. The van der Waals surface area contributed by atoms with Crippen LogP contribution in [0.3, 0.4) is 0 Å². The van der Waals surface area contributed by atoms with Crippen molar-refractivity contribution in [3.05, 3.63) is 47.8 Å². The number of nitrogens with one attached hydrogen (secondary N) is 2. The molecule has 0 unspecified atom stereocenters. The van der Waals surface area contributed by atoms with E-state index in [-0.39, 0.29) is 5.78 Å². The van der Waals surface area contributed by atoms with E-state index in [1.54, 1.807) is 6.08 Å². The van der Waals surface area contributed by atoms with Crippen molar-refractivity contribution in [2.24, 2.45) is 0 Å². The molecule has 1 aromatic carbocycles. The second-order valence-electron chi connectivity index (χ2n) is 3.14. The van der Waals surface area contributed by atoms with Crippen molar-refractivity contribution in [1.29, 1.82) is 0 Å². The zero-order valence-electron chi connectivity index (χ0n) is 7.79. The molecular formula is C11H12N2O. The third kappa shape index (κ3) is 1.93. The normalized spacial score (nSPS) is 14.4. The lowest BCUT2D eigenvalue weighted by Gasteiger charge is -1.99. The zero-order valence-corrected chi connectivity index (χ0v) is 7.79. The second-order valence-corrected chi connectivity index (χ2v) is 3.14. The molecule has 0 radical (unpaired) electrons. The molecule has 0 saturated carbocycles. The molecule has 0 aromatic heterocycles. The van der Waals surface area contributed by atoms with E-state index in [0.29, 0.717) is 0 Å². The van der Waals surface area contributed by atoms with Crippen molar-refractivity contribution < 1.29 is 4.79 Å². The van der Waals surface area contributed by atoms with Gasteiger partial charge in [0.25, 0.3) is 0 Å². The molecule has 0 bridgehead atoms. The molecular weight excluding hydrogens is 176 g/mol. The Hall–Kier alpha value is -1.77. The van der Waals surface area contributed by atoms with Gasteiger partial charge in [0.1, 0.15) is 5.82 Å². The number of hydrogen-bond acceptors (Lipinski definition) is 3. The zero-order chi connectivity index (χ0) is 9.80. The van der Waals surface area contributed by atoms with Gasteiger partial charge in [-0.2, -0.15) is 0 Å². The third-order valence-electron chi connectivity index (χ3n) is 2.09. The number of benzene rings is 1. The lowest BCUT2D eigenvalue weighted by Crippen LogP contribution is -2.12. The Morgan fingerprint density at radius 2 is 1.79 bits per heavy atom. The highest BCUT2D eigenvalue weighted by molar-refractivity contribution is 6.04. The van der Waals surface area contributed by atoms with E-state index in [1.807, 2.05) is 30.3 Å². The molecule has 0 atom stereocenters. The molecule has 14 heavy (non-hydrogen) atoms. The fraction of sp³-hybridized carbons (Fsp3) is 0.182. The SMILES string of the molecule is O=C(C=C1NCCN1)c1ccccc1. The van der Waals surface area contributed by atoms with Gasteiger partial charge >= 0.3 is 0 Å². The Bertz CT molecular complexity index is 349. The summed E-state index contributed by atoms with van der Waals surface area (Å²) in [6.45, 7) is 1.77. The van der Waals surface area contributed by atoms with Crippen LogP contribution in [-0.2, 0) is 0 Å². The van der Waals surface area contributed by atoms with Crippen LogP contribution in [0.2, 0.25) is 0 Å². The monoisotopic (exact) mass is 188 g/mol. The van der Waals surface area contributed by atoms with Crippen molar-refractivity contribution in [2.75, 3.05) is 13.1 Å². The first kappa shape index (κ1) is 8.81. The van der Waals surface area contributed by atoms with Crippen molar-refractivity contribution in [2.45, 2.75) is 0 Å². The molecule has 1 aliphatic rings. The fourth-order valence-electron chi connectivity index (χ4n) is 1.38. The summed E-state index contributed by atoms with van der Waals surface area (Å²) in [5.41, 5.74) is 0.718. The number of carbonyl (C=O) groups excluding carboxylic acids is 1. The Kier molecular flexibility index (Phi) is 2.49. The fourth-order valence-corrected chi connectivity index (χ4v) is 1.38. The number of ketones is 1. The maximum absolute atomic E-state index is 11.6. The summed E-state index contributed by atoms with van der Waals surface area (Å²) in [7, 11) is 0. The van der Waals surface area contributed by atoms with E-state index in [2.05, 4.69) is 10.6 Å². The average Bonchev–Trinajstić information content (AvgIpc) is 2.72. The summed E-state index contributed by atoms with van der Waals surface area (Å²) in [6, 6.07) is 9.25. The van der Waals surface area contributed by atoms with Crippen molar-refractivity contribution in [3.8, 4) is 0 Å². The molecule has 0 amide bonds. The molecule has 1 fully saturated rings. The van der Waals surface area contributed by atoms with Gasteiger partial charge < -0.3 is 10.6 Å². The van der Waals surface area contributed by atoms with Crippen LogP contribution < -0.4 is 10.6 Å². The first-order valence-electron chi connectivity index (χ1n) is 4.65. The Morgan fingerprint density at radius 1 is 1.14 bits per heavy atom. The molecule has 1 heterocycles. The molecule has 3 heteroatoms. The van der Waals surface area contributed by atoms with E-state index in [0.717, 1.165) is 24.5 Å². The van der Waals surface area contributed by atoms with E-state index < -0.39 is 0 Å². The summed E-state index contributed by atoms with van der Waals surface area (Å²) in [6.07, 6.45) is 1.60. The van der Waals surface area contributed by atoms with Gasteiger partial charge in [-0.3, -0.25) is 4.79 Å². The third-order valence-corrected chi connectivity index (χ3v) is 2.09. The van der Waals surface area contributed by atoms with Gasteiger partial charge in [0.05, 0.1) is 0 Å². The van der Waals surface area contributed by atoms with Crippen LogP contribution in [-0.4, -0.2) is 18.9 Å². The van der Waals surface area contributed by atoms with E-state index in [1.165, 1.54) is 0 Å². The average molecular weight is 188 g/mol. The summed E-state index contributed by atoms with van der Waals surface area (Å²) in [5, 5.41) is 6.17. The minimum atomic E-state index is 0.0301. The van der Waals surface area contributed by atoms with Gasteiger partial charge in [0.15, 0.2) is 5.78 Å². The van der Waals surface area contributed by atoms with Crippen molar-refractivity contribution in [1.82, 2.24) is 10.6 Å². The Balaban J connectivity index is 2.13. The van der Waals surface area contributed by atoms with Crippen LogP contribution in [0.1, 0.15) is 10.4 Å². The first-order valence-corrected chi connectivity index (χ1v) is 4.65. The van der Waals surface area contributed by atoms with Crippen molar-refractivity contribution in [3.63, 3.8) is 0 Å². The quantitative estimate of drug-likeness (QED) is 0.535. The second kappa shape index (κ2) is 3.96. The summed E-state index contributed by atoms with van der Waals surface area (Å²) in [5.74, 6) is 0.848. The number of carbonyl (C=O) groups is 1. The van der Waals surface area contributed by atoms with Crippen LogP contribution in [0.15, 0.2) is 42.2 Å². The molecule has 2 N–H and O–H groups in total. The summed E-state index contributed by atoms with van der Waals surface area (Å²) in [4.78, 5) is 11.6. The van der Waals surface area contributed by atoms with Gasteiger partial charge in [0.2, 0.25) is 0 Å². The lowest BCUT2D eigenvalue weighted by atomic mass is 10.1. The van der Waals surface area contributed by atoms with Gasteiger partial charge in [0, 0.05) is 24.7 Å². The van der Waals surface area contributed by atoms with Gasteiger partial charge in [-0.25, -0.2) is 0 Å². The predicted molar refractivity (Wildman–Crippen MR) is 54.9 cm³/mol. The topological polar surface area (TPSA) is 41.1 Å². The smallest absolute Gasteiger partial charge is 0.189 e. The first-order chi connectivity index (χ1) is 6.86. The van der Waals surface area contributed by atoms with Gasteiger partial charge in [-0.1, -0.05) is 30.3 Å². The van der Waals surface area contributed by atoms with Gasteiger partial charge in [-0.05, 0) is 0 Å². The van der Waals surface area contributed by atoms with Crippen LogP contribution >= 0.6 is 0 Å². The molecule has 0 spiro atoms. The highest BCUT2D eigenvalue weighted by Crippen LogP contribution is 2.02. The molecule has 1 aliphatic heterocycles. The van der Waals surface area contributed by atoms with Crippen molar-refractivity contribution >= 4 is 5.78 Å². The maximum Gasteiger partial charge on any atom is 0.189 e.